The molecule has 1 aliphatic heterocycles. The van der Waals surface area contributed by atoms with Gasteiger partial charge in [-0.1, -0.05) is 56.3 Å². The maximum absolute atomic E-state index is 12.3. The van der Waals surface area contributed by atoms with E-state index in [1.54, 1.807) is 0 Å². The Kier molecular flexibility index (Phi) is 6.03. The number of benzene rings is 3. The summed E-state index contributed by atoms with van der Waals surface area (Å²) < 4.78 is 5.52. The summed E-state index contributed by atoms with van der Waals surface area (Å²) in [4.78, 5) is 14.7. The quantitative estimate of drug-likeness (QED) is 0.550. The Hall–Kier alpha value is -3.27. The number of hydrogen-bond donors (Lipinski definition) is 1. The number of ether oxygens (including phenoxy) is 1. The van der Waals surface area contributed by atoms with Crippen molar-refractivity contribution in [1.82, 2.24) is 0 Å². The van der Waals surface area contributed by atoms with Crippen LogP contribution >= 0.6 is 0 Å². The van der Waals surface area contributed by atoms with E-state index in [1.165, 1.54) is 22.4 Å². The first-order valence-corrected chi connectivity index (χ1v) is 10.6. The molecule has 4 rings (SSSR count). The molecule has 1 heterocycles. The molecule has 1 aliphatic rings. The second-order valence-corrected chi connectivity index (χ2v) is 8.05. The van der Waals surface area contributed by atoms with Gasteiger partial charge in [-0.05, 0) is 65.8 Å². The summed E-state index contributed by atoms with van der Waals surface area (Å²) in [5.41, 5.74) is 5.80. The SMILES string of the molecule is CC(C)c1ccc(NC(=O)Oc2ccc3c(c2)CCN3CCc2ccccc2)cc1. The van der Waals surface area contributed by atoms with Gasteiger partial charge in [0.15, 0.2) is 0 Å². The number of carbonyl (C=O) groups excluding carboxylic acids is 1. The third-order valence-corrected chi connectivity index (χ3v) is 5.59. The van der Waals surface area contributed by atoms with E-state index in [0.29, 0.717) is 11.7 Å². The van der Waals surface area contributed by atoms with Gasteiger partial charge in [-0.15, -0.1) is 0 Å². The van der Waals surface area contributed by atoms with Crippen molar-refractivity contribution < 1.29 is 9.53 Å². The van der Waals surface area contributed by atoms with E-state index in [0.717, 1.165) is 31.6 Å². The van der Waals surface area contributed by atoms with E-state index in [9.17, 15) is 4.79 Å². The monoisotopic (exact) mass is 400 g/mol. The van der Waals surface area contributed by atoms with E-state index in [2.05, 4.69) is 54.4 Å². The van der Waals surface area contributed by atoms with E-state index >= 15 is 0 Å². The number of nitrogens with one attached hydrogen (secondary N) is 1. The van der Waals surface area contributed by atoms with Gasteiger partial charge in [-0.2, -0.15) is 0 Å². The Balaban J connectivity index is 1.34. The first-order chi connectivity index (χ1) is 14.6. The lowest BCUT2D eigenvalue weighted by Crippen LogP contribution is -2.23. The van der Waals surface area contributed by atoms with Crippen molar-refractivity contribution in [3.8, 4) is 5.75 Å². The van der Waals surface area contributed by atoms with Crippen LogP contribution in [-0.2, 0) is 12.8 Å². The Morgan fingerprint density at radius 2 is 1.80 bits per heavy atom. The number of carbonyl (C=O) groups is 1. The maximum Gasteiger partial charge on any atom is 0.417 e. The van der Waals surface area contributed by atoms with E-state index in [1.807, 2.05) is 42.5 Å². The average molecular weight is 401 g/mol. The zero-order chi connectivity index (χ0) is 20.9. The van der Waals surface area contributed by atoms with Gasteiger partial charge in [0.1, 0.15) is 5.75 Å². The van der Waals surface area contributed by atoms with Crippen LogP contribution in [0.1, 0.15) is 36.5 Å². The van der Waals surface area contributed by atoms with E-state index in [-0.39, 0.29) is 0 Å². The van der Waals surface area contributed by atoms with Crippen LogP contribution in [0.3, 0.4) is 0 Å². The van der Waals surface area contributed by atoms with Crippen LogP contribution in [0.25, 0.3) is 0 Å². The average Bonchev–Trinajstić information content (AvgIpc) is 3.15. The van der Waals surface area contributed by atoms with E-state index in [4.69, 9.17) is 4.74 Å². The summed E-state index contributed by atoms with van der Waals surface area (Å²) in [6.45, 7) is 6.28. The highest BCUT2D eigenvalue weighted by Gasteiger charge is 2.20. The van der Waals surface area contributed by atoms with Gasteiger partial charge in [0, 0.05) is 24.5 Å². The molecule has 0 atom stereocenters. The molecular weight excluding hydrogens is 372 g/mol. The zero-order valence-electron chi connectivity index (χ0n) is 17.6. The highest BCUT2D eigenvalue weighted by molar-refractivity contribution is 5.86. The molecule has 0 bridgehead atoms. The Bertz CT molecular complexity index is 997. The molecule has 4 heteroatoms. The standard InChI is InChI=1S/C26H28N2O2/c1-19(2)21-8-10-23(11-9-21)27-26(29)30-24-12-13-25-22(18-24)15-17-28(25)16-14-20-6-4-3-5-7-20/h3-13,18-19H,14-17H2,1-2H3,(H,27,29). The van der Waals surface area contributed by atoms with Crippen LogP contribution in [0.2, 0.25) is 0 Å². The minimum atomic E-state index is -0.467. The van der Waals surface area contributed by atoms with E-state index < -0.39 is 6.09 Å². The van der Waals surface area contributed by atoms with Gasteiger partial charge in [-0.3, -0.25) is 5.32 Å². The fraction of sp³-hybridized carbons (Fsp3) is 0.269. The summed E-state index contributed by atoms with van der Waals surface area (Å²) in [6, 6.07) is 24.3. The second kappa shape index (κ2) is 9.04. The van der Waals surface area contributed by atoms with Crippen molar-refractivity contribution in [2.75, 3.05) is 23.3 Å². The minimum Gasteiger partial charge on any atom is -0.410 e. The van der Waals surface area contributed by atoms with Crippen LogP contribution in [0.15, 0.2) is 72.8 Å². The highest BCUT2D eigenvalue weighted by atomic mass is 16.6. The number of hydrogen-bond acceptors (Lipinski definition) is 3. The normalized spacial score (nSPS) is 12.7. The number of amides is 1. The molecule has 0 radical (unpaired) electrons. The van der Waals surface area contributed by atoms with Crippen LogP contribution < -0.4 is 15.0 Å². The molecule has 0 unspecified atom stereocenters. The van der Waals surface area contributed by atoms with Crippen LogP contribution in [0, 0.1) is 0 Å². The largest absolute Gasteiger partial charge is 0.417 e. The number of rotatable bonds is 6. The molecule has 1 amide bonds. The molecule has 0 aromatic heterocycles. The Morgan fingerprint density at radius 3 is 2.53 bits per heavy atom. The fourth-order valence-corrected chi connectivity index (χ4v) is 3.85. The number of fused-ring (bicyclic) bond motifs is 1. The first-order valence-electron chi connectivity index (χ1n) is 10.6. The molecule has 0 saturated heterocycles. The van der Waals surface area contributed by atoms with Crippen molar-refractivity contribution in [2.24, 2.45) is 0 Å². The summed E-state index contributed by atoms with van der Waals surface area (Å²) in [7, 11) is 0. The zero-order valence-corrected chi connectivity index (χ0v) is 17.6. The van der Waals surface area contributed by atoms with Crippen molar-refractivity contribution in [3.05, 3.63) is 89.5 Å². The van der Waals surface area contributed by atoms with Crippen molar-refractivity contribution in [1.29, 1.82) is 0 Å². The summed E-state index contributed by atoms with van der Waals surface area (Å²) in [5.74, 6) is 1.04. The lowest BCUT2D eigenvalue weighted by Gasteiger charge is -2.19. The fourth-order valence-electron chi connectivity index (χ4n) is 3.85. The van der Waals surface area contributed by atoms with Gasteiger partial charge >= 0.3 is 6.09 Å². The molecule has 1 N–H and O–H groups in total. The second-order valence-electron chi connectivity index (χ2n) is 8.05. The minimum absolute atomic E-state index is 0.463. The Labute approximate surface area is 178 Å². The molecular formula is C26H28N2O2. The molecule has 0 fully saturated rings. The van der Waals surface area contributed by atoms with Crippen LogP contribution in [-0.4, -0.2) is 19.2 Å². The van der Waals surface area contributed by atoms with Crippen molar-refractivity contribution >= 4 is 17.5 Å². The third-order valence-electron chi connectivity index (χ3n) is 5.59. The van der Waals surface area contributed by atoms with Gasteiger partial charge in [0.2, 0.25) is 0 Å². The van der Waals surface area contributed by atoms with Gasteiger partial charge in [0.25, 0.3) is 0 Å². The molecule has 3 aromatic rings. The van der Waals surface area contributed by atoms with Crippen molar-refractivity contribution in [2.45, 2.75) is 32.6 Å². The number of nitrogens with zero attached hydrogens (tertiary/aromatic N) is 1. The highest BCUT2D eigenvalue weighted by Crippen LogP contribution is 2.31. The van der Waals surface area contributed by atoms with Crippen LogP contribution in [0.4, 0.5) is 16.2 Å². The third kappa shape index (κ3) is 4.82. The predicted octanol–water partition coefficient (Wildman–Crippen LogP) is 6.03. The molecule has 0 saturated carbocycles. The predicted molar refractivity (Wildman–Crippen MR) is 123 cm³/mol. The maximum atomic E-state index is 12.3. The molecule has 3 aromatic carbocycles. The lowest BCUT2D eigenvalue weighted by atomic mass is 10.0. The van der Waals surface area contributed by atoms with Gasteiger partial charge in [0.05, 0.1) is 0 Å². The summed E-state index contributed by atoms with van der Waals surface area (Å²) in [5, 5.41) is 2.80. The van der Waals surface area contributed by atoms with Gasteiger partial charge in [-0.25, -0.2) is 4.79 Å². The van der Waals surface area contributed by atoms with Crippen LogP contribution in [0.5, 0.6) is 5.75 Å². The summed E-state index contributed by atoms with van der Waals surface area (Å²) in [6.07, 6.45) is 1.53. The molecule has 0 aliphatic carbocycles. The smallest absolute Gasteiger partial charge is 0.410 e. The Morgan fingerprint density at radius 1 is 1.03 bits per heavy atom. The summed E-state index contributed by atoms with van der Waals surface area (Å²) >= 11 is 0. The first kappa shape index (κ1) is 20.0. The molecule has 0 spiro atoms. The topological polar surface area (TPSA) is 41.6 Å². The molecule has 30 heavy (non-hydrogen) atoms. The molecule has 4 nitrogen and oxygen atoms in total. The van der Waals surface area contributed by atoms with Gasteiger partial charge < -0.3 is 9.64 Å². The number of anilines is 2. The molecule has 154 valence electrons. The lowest BCUT2D eigenvalue weighted by molar-refractivity contribution is 0.215. The van der Waals surface area contributed by atoms with Crippen molar-refractivity contribution in [3.63, 3.8) is 0 Å².